The van der Waals surface area contributed by atoms with Crippen LogP contribution in [0.15, 0.2) is 0 Å². The average molecular weight is 231 g/mol. The summed E-state index contributed by atoms with van der Waals surface area (Å²) >= 11 is 0. The van der Waals surface area contributed by atoms with Crippen LogP contribution in [0.4, 0.5) is 0 Å². The Balaban J connectivity index is 2.79. The maximum absolute atomic E-state index is 10.2. The molecule has 3 N–H and O–H groups in total. The highest BCUT2D eigenvalue weighted by molar-refractivity contribution is 6.04. The quantitative estimate of drug-likeness (QED) is 0.504. The predicted molar refractivity (Wildman–Crippen MR) is 62.5 cm³/mol. The molecule has 1 fully saturated rings. The minimum atomic E-state index is -1.05. The second kappa shape index (κ2) is 5.98. The van der Waals surface area contributed by atoms with E-state index in [1.165, 1.54) is 0 Å². The highest BCUT2D eigenvalue weighted by Gasteiger charge is 2.44. The summed E-state index contributed by atoms with van der Waals surface area (Å²) in [6.07, 6.45) is -0.492. The van der Waals surface area contributed by atoms with Crippen LogP contribution in [0.25, 0.3) is 0 Å². The molecule has 1 rings (SSSR count). The zero-order valence-corrected chi connectivity index (χ0v) is 10.2. The first kappa shape index (κ1) is 13.9. The van der Waals surface area contributed by atoms with Crippen molar-refractivity contribution in [2.45, 2.75) is 44.3 Å². The van der Waals surface area contributed by atoms with Gasteiger partial charge in [-0.25, -0.2) is 0 Å². The summed E-state index contributed by atoms with van der Waals surface area (Å²) in [5.41, 5.74) is 0. The number of aliphatic hydroxyl groups is 3. The molecule has 0 spiro atoms. The van der Waals surface area contributed by atoms with Crippen LogP contribution >= 0.6 is 0 Å². The van der Waals surface area contributed by atoms with Crippen molar-refractivity contribution in [3.05, 3.63) is 0 Å². The molecular formula is C10H22BNO4. The van der Waals surface area contributed by atoms with Gasteiger partial charge in [-0.3, -0.25) is 0 Å². The minimum Gasteiger partial charge on any atom is -0.394 e. The molecule has 5 atom stereocenters. The van der Waals surface area contributed by atoms with Crippen molar-refractivity contribution in [2.75, 3.05) is 13.7 Å². The van der Waals surface area contributed by atoms with E-state index in [4.69, 9.17) is 4.74 Å². The van der Waals surface area contributed by atoms with E-state index in [-0.39, 0.29) is 12.5 Å². The molecule has 0 amide bonds. The molecule has 3 unspecified atom stereocenters. The first-order valence-corrected chi connectivity index (χ1v) is 5.81. The van der Waals surface area contributed by atoms with Gasteiger partial charge in [0.25, 0.3) is 0 Å². The summed E-state index contributed by atoms with van der Waals surface area (Å²) in [5.74, 6) is -0.120. The Bertz CT molecular complexity index is 217. The van der Waals surface area contributed by atoms with Crippen molar-refractivity contribution in [1.82, 2.24) is 4.81 Å². The number of rotatable bonds is 4. The van der Waals surface area contributed by atoms with E-state index in [1.807, 2.05) is 6.92 Å². The number of likely N-dealkylation sites (N-methyl/N-ethyl adjacent to an activating group) is 1. The standard InChI is InChI=1S/C10H22BNO4/c1-3-4-6-7(5-13)16-10(15)8(9(6)14)12(2)11/h6-10,13-15H,3-5,11H2,1-2H3/t6-,7?,8?,9?,10+/m1/s1. The summed E-state index contributed by atoms with van der Waals surface area (Å²) in [7, 11) is 3.59. The van der Waals surface area contributed by atoms with Crippen molar-refractivity contribution in [3.8, 4) is 0 Å². The number of nitrogens with zero attached hydrogens (tertiary/aromatic N) is 1. The lowest BCUT2D eigenvalue weighted by molar-refractivity contribution is -0.249. The summed E-state index contributed by atoms with van der Waals surface area (Å²) in [4.78, 5) is 1.76. The van der Waals surface area contributed by atoms with Crippen LogP contribution in [0.5, 0.6) is 0 Å². The average Bonchev–Trinajstić information content (AvgIpc) is 2.21. The van der Waals surface area contributed by atoms with Gasteiger partial charge in [-0.15, -0.1) is 0 Å². The number of ether oxygens (including phenoxy) is 1. The van der Waals surface area contributed by atoms with Gasteiger partial charge < -0.3 is 24.9 Å². The molecule has 0 bridgehead atoms. The highest BCUT2D eigenvalue weighted by Crippen LogP contribution is 2.30. The molecule has 0 aromatic heterocycles. The fourth-order valence-corrected chi connectivity index (χ4v) is 2.43. The topological polar surface area (TPSA) is 73.2 Å². The fourth-order valence-electron chi connectivity index (χ4n) is 2.43. The molecule has 0 aromatic carbocycles. The van der Waals surface area contributed by atoms with Crippen molar-refractivity contribution >= 4 is 7.98 Å². The third kappa shape index (κ3) is 2.75. The largest absolute Gasteiger partial charge is 0.394 e. The monoisotopic (exact) mass is 231 g/mol. The molecular weight excluding hydrogens is 209 g/mol. The molecule has 0 aliphatic carbocycles. The van der Waals surface area contributed by atoms with E-state index in [2.05, 4.69) is 0 Å². The Morgan fingerprint density at radius 1 is 1.38 bits per heavy atom. The number of aliphatic hydroxyl groups excluding tert-OH is 3. The lowest BCUT2D eigenvalue weighted by atomic mass is 9.83. The van der Waals surface area contributed by atoms with Gasteiger partial charge in [0.05, 0.1) is 24.9 Å². The molecule has 0 saturated carbocycles. The van der Waals surface area contributed by atoms with Gasteiger partial charge in [-0.05, 0) is 13.5 Å². The maximum atomic E-state index is 10.2. The Morgan fingerprint density at radius 2 is 2.00 bits per heavy atom. The zero-order valence-electron chi connectivity index (χ0n) is 10.2. The van der Waals surface area contributed by atoms with Gasteiger partial charge in [0.15, 0.2) is 14.3 Å². The van der Waals surface area contributed by atoms with Gasteiger partial charge in [0.2, 0.25) is 0 Å². The Kier molecular flexibility index (Phi) is 5.20. The Labute approximate surface area is 97.4 Å². The van der Waals surface area contributed by atoms with E-state index in [9.17, 15) is 15.3 Å². The summed E-state index contributed by atoms with van der Waals surface area (Å²) in [5, 5.41) is 29.2. The van der Waals surface area contributed by atoms with E-state index in [0.717, 1.165) is 12.8 Å². The lowest BCUT2D eigenvalue weighted by Crippen LogP contribution is -2.60. The molecule has 1 aliphatic rings. The van der Waals surface area contributed by atoms with Gasteiger partial charge in [-0.2, -0.15) is 0 Å². The summed E-state index contributed by atoms with van der Waals surface area (Å²) in [6, 6.07) is -0.431. The van der Waals surface area contributed by atoms with Gasteiger partial charge in [0, 0.05) is 5.92 Å². The van der Waals surface area contributed by atoms with Crippen LogP contribution in [-0.4, -0.2) is 66.3 Å². The van der Waals surface area contributed by atoms with Crippen LogP contribution in [-0.2, 0) is 4.74 Å². The van der Waals surface area contributed by atoms with Crippen molar-refractivity contribution in [3.63, 3.8) is 0 Å². The summed E-state index contributed by atoms with van der Waals surface area (Å²) < 4.78 is 5.35. The van der Waals surface area contributed by atoms with Crippen LogP contribution in [0.2, 0.25) is 0 Å². The minimum absolute atomic E-state index is 0.120. The second-order valence-corrected chi connectivity index (χ2v) is 4.64. The van der Waals surface area contributed by atoms with E-state index < -0.39 is 24.5 Å². The van der Waals surface area contributed by atoms with Gasteiger partial charge in [0.1, 0.15) is 0 Å². The maximum Gasteiger partial charge on any atom is 0.185 e. The Hall–Kier alpha value is -0.135. The third-order valence-corrected chi connectivity index (χ3v) is 3.27. The van der Waals surface area contributed by atoms with E-state index in [1.54, 1.807) is 19.8 Å². The van der Waals surface area contributed by atoms with Crippen molar-refractivity contribution in [1.29, 1.82) is 0 Å². The molecule has 94 valence electrons. The molecule has 16 heavy (non-hydrogen) atoms. The van der Waals surface area contributed by atoms with Crippen molar-refractivity contribution in [2.24, 2.45) is 5.92 Å². The zero-order chi connectivity index (χ0) is 12.3. The first-order valence-electron chi connectivity index (χ1n) is 5.81. The molecule has 6 heteroatoms. The predicted octanol–water partition coefficient (Wildman–Crippen LogP) is -1.68. The molecule has 1 heterocycles. The molecule has 0 aromatic rings. The SMILES string of the molecule is BN(C)C1C(O)[C@H](CCC)C(CO)O[C@@H]1O. The number of hydrogen-bond acceptors (Lipinski definition) is 5. The van der Waals surface area contributed by atoms with E-state index >= 15 is 0 Å². The second-order valence-electron chi connectivity index (χ2n) is 4.64. The Morgan fingerprint density at radius 3 is 2.44 bits per heavy atom. The lowest BCUT2D eigenvalue weighted by Gasteiger charge is -2.45. The van der Waals surface area contributed by atoms with Crippen molar-refractivity contribution < 1.29 is 20.1 Å². The van der Waals surface area contributed by atoms with Gasteiger partial charge >= 0.3 is 0 Å². The molecule has 1 aliphatic heterocycles. The van der Waals surface area contributed by atoms with Crippen LogP contribution in [0.3, 0.4) is 0 Å². The molecule has 1 saturated heterocycles. The van der Waals surface area contributed by atoms with Crippen LogP contribution in [0.1, 0.15) is 19.8 Å². The fraction of sp³-hybridized carbons (Fsp3) is 1.00. The van der Waals surface area contributed by atoms with Crippen LogP contribution < -0.4 is 0 Å². The normalized spacial score (nSPS) is 40.2. The molecule has 5 nitrogen and oxygen atoms in total. The van der Waals surface area contributed by atoms with Crippen LogP contribution in [0, 0.1) is 5.92 Å². The number of hydrogen-bond donors (Lipinski definition) is 3. The first-order chi connectivity index (χ1) is 7.52. The third-order valence-electron chi connectivity index (χ3n) is 3.27. The smallest absolute Gasteiger partial charge is 0.185 e. The highest BCUT2D eigenvalue weighted by atomic mass is 16.6. The van der Waals surface area contributed by atoms with E-state index in [0.29, 0.717) is 0 Å². The molecule has 0 radical (unpaired) electrons. The van der Waals surface area contributed by atoms with Gasteiger partial charge in [-0.1, -0.05) is 13.3 Å². The summed E-state index contributed by atoms with van der Waals surface area (Å²) in [6.45, 7) is 1.86.